The minimum Gasteiger partial charge on any atom is -0.497 e. The van der Waals surface area contributed by atoms with Gasteiger partial charge < -0.3 is 14.7 Å². The fourth-order valence-electron chi connectivity index (χ4n) is 1.51. The van der Waals surface area contributed by atoms with Gasteiger partial charge in [0.2, 0.25) is 5.91 Å². The molecule has 0 radical (unpaired) electrons. The van der Waals surface area contributed by atoms with Crippen LogP contribution in [-0.4, -0.2) is 48.3 Å². The first-order valence-electron chi connectivity index (χ1n) is 6.25. The Kier molecular flexibility index (Phi) is 6.93. The van der Waals surface area contributed by atoms with Crippen LogP contribution in [0, 0.1) is 0 Å². The van der Waals surface area contributed by atoms with Gasteiger partial charge in [-0.3, -0.25) is 9.59 Å². The van der Waals surface area contributed by atoms with Crippen molar-refractivity contribution in [1.82, 2.24) is 4.90 Å². The van der Waals surface area contributed by atoms with Crippen molar-refractivity contribution in [3.8, 4) is 5.75 Å². The number of rotatable bonds is 8. The lowest BCUT2D eigenvalue weighted by Gasteiger charge is -2.15. The molecule has 1 amide bonds. The van der Waals surface area contributed by atoms with Crippen molar-refractivity contribution in [3.63, 3.8) is 0 Å². The number of aliphatic carboxylic acids is 1. The Bertz CT molecular complexity index is 447. The second kappa shape index (κ2) is 8.47. The number of benzene rings is 1. The molecule has 0 aromatic heterocycles. The molecule has 0 aliphatic heterocycles. The lowest BCUT2D eigenvalue weighted by Crippen LogP contribution is -2.29. The Balaban J connectivity index is 2.28. The van der Waals surface area contributed by atoms with Gasteiger partial charge in [0.15, 0.2) is 0 Å². The molecular weight excluding hydrogens is 278 g/mol. The van der Waals surface area contributed by atoms with Crippen LogP contribution in [0.3, 0.4) is 0 Å². The molecule has 0 aliphatic rings. The van der Waals surface area contributed by atoms with Gasteiger partial charge in [-0.25, -0.2) is 0 Å². The number of methoxy groups -OCH3 is 1. The van der Waals surface area contributed by atoms with Gasteiger partial charge >= 0.3 is 5.97 Å². The Morgan fingerprint density at radius 3 is 2.45 bits per heavy atom. The largest absolute Gasteiger partial charge is 0.497 e. The third-order valence-corrected chi connectivity index (χ3v) is 3.74. The van der Waals surface area contributed by atoms with Gasteiger partial charge in [0, 0.05) is 30.7 Å². The van der Waals surface area contributed by atoms with Crippen molar-refractivity contribution in [3.05, 3.63) is 24.3 Å². The zero-order chi connectivity index (χ0) is 15.0. The fraction of sp³-hybridized carbons (Fsp3) is 0.429. The molecule has 0 aliphatic carbocycles. The highest BCUT2D eigenvalue weighted by Crippen LogP contribution is 2.21. The molecule has 0 spiro atoms. The van der Waals surface area contributed by atoms with Gasteiger partial charge in [0.25, 0.3) is 0 Å². The van der Waals surface area contributed by atoms with Gasteiger partial charge in [-0.2, -0.15) is 0 Å². The third kappa shape index (κ3) is 5.97. The Hall–Kier alpha value is -1.69. The molecule has 1 aromatic carbocycles. The zero-order valence-electron chi connectivity index (χ0n) is 11.7. The van der Waals surface area contributed by atoms with E-state index in [-0.39, 0.29) is 18.9 Å². The summed E-state index contributed by atoms with van der Waals surface area (Å²) in [5.74, 6) is 0.547. The van der Waals surface area contributed by atoms with E-state index in [1.165, 1.54) is 4.90 Å². The van der Waals surface area contributed by atoms with Crippen molar-refractivity contribution in [2.45, 2.75) is 17.7 Å². The summed E-state index contributed by atoms with van der Waals surface area (Å²) in [6.45, 7) is 0.251. The average molecular weight is 297 g/mol. The van der Waals surface area contributed by atoms with E-state index in [1.807, 2.05) is 24.3 Å². The summed E-state index contributed by atoms with van der Waals surface area (Å²) in [6, 6.07) is 7.65. The number of carbonyl (C=O) groups is 2. The van der Waals surface area contributed by atoms with E-state index in [1.54, 1.807) is 25.9 Å². The number of amides is 1. The van der Waals surface area contributed by atoms with Crippen LogP contribution in [0.15, 0.2) is 29.2 Å². The van der Waals surface area contributed by atoms with E-state index < -0.39 is 5.97 Å². The van der Waals surface area contributed by atoms with Gasteiger partial charge in [-0.15, -0.1) is 11.8 Å². The first kappa shape index (κ1) is 16.4. The molecule has 1 aromatic rings. The number of ether oxygens (including phenoxy) is 1. The van der Waals surface area contributed by atoms with E-state index in [4.69, 9.17) is 9.84 Å². The minimum atomic E-state index is -0.891. The highest BCUT2D eigenvalue weighted by atomic mass is 32.2. The van der Waals surface area contributed by atoms with Crippen LogP contribution in [0.25, 0.3) is 0 Å². The van der Waals surface area contributed by atoms with Gasteiger partial charge in [-0.1, -0.05) is 0 Å². The van der Waals surface area contributed by atoms with Gasteiger partial charge in [-0.05, 0) is 24.3 Å². The maximum Gasteiger partial charge on any atom is 0.305 e. The monoisotopic (exact) mass is 297 g/mol. The van der Waals surface area contributed by atoms with Crippen molar-refractivity contribution < 1.29 is 19.4 Å². The topological polar surface area (TPSA) is 66.8 Å². The smallest absolute Gasteiger partial charge is 0.305 e. The first-order chi connectivity index (χ1) is 9.52. The van der Waals surface area contributed by atoms with Gasteiger partial charge in [0.1, 0.15) is 5.75 Å². The molecule has 110 valence electrons. The SMILES string of the molecule is COc1ccc(SCCC(=O)N(C)CCC(=O)O)cc1. The number of thioether (sulfide) groups is 1. The molecule has 0 saturated heterocycles. The summed E-state index contributed by atoms with van der Waals surface area (Å²) in [4.78, 5) is 24.7. The van der Waals surface area contributed by atoms with Crippen LogP contribution in [0.5, 0.6) is 5.75 Å². The maximum atomic E-state index is 11.7. The summed E-state index contributed by atoms with van der Waals surface area (Å²) in [5.41, 5.74) is 0. The summed E-state index contributed by atoms with van der Waals surface area (Å²) in [5, 5.41) is 8.56. The van der Waals surface area contributed by atoms with E-state index in [0.29, 0.717) is 12.2 Å². The van der Waals surface area contributed by atoms with Crippen LogP contribution >= 0.6 is 11.8 Å². The minimum absolute atomic E-state index is 0.0200. The van der Waals surface area contributed by atoms with Crippen LogP contribution in [0.1, 0.15) is 12.8 Å². The lowest BCUT2D eigenvalue weighted by molar-refractivity contribution is -0.138. The normalized spacial score (nSPS) is 10.1. The molecule has 0 fully saturated rings. The molecule has 0 unspecified atom stereocenters. The molecule has 5 nitrogen and oxygen atoms in total. The number of carboxylic acid groups (broad SMARTS) is 1. The van der Waals surface area contributed by atoms with Crippen LogP contribution in [0.2, 0.25) is 0 Å². The van der Waals surface area contributed by atoms with Crippen LogP contribution < -0.4 is 4.74 Å². The third-order valence-electron chi connectivity index (χ3n) is 2.73. The molecule has 0 bridgehead atoms. The number of hydrogen-bond acceptors (Lipinski definition) is 4. The van der Waals surface area contributed by atoms with Crippen molar-refractivity contribution in [2.75, 3.05) is 26.5 Å². The van der Waals surface area contributed by atoms with Crippen LogP contribution in [0.4, 0.5) is 0 Å². The molecule has 0 atom stereocenters. The Morgan fingerprint density at radius 1 is 1.25 bits per heavy atom. The highest BCUT2D eigenvalue weighted by molar-refractivity contribution is 7.99. The van der Waals surface area contributed by atoms with Crippen LogP contribution in [-0.2, 0) is 9.59 Å². The van der Waals surface area contributed by atoms with E-state index in [9.17, 15) is 9.59 Å². The molecule has 0 heterocycles. The molecule has 1 rings (SSSR count). The number of nitrogens with zero attached hydrogens (tertiary/aromatic N) is 1. The van der Waals surface area contributed by atoms with E-state index in [0.717, 1.165) is 10.6 Å². The van der Waals surface area contributed by atoms with Crippen molar-refractivity contribution >= 4 is 23.6 Å². The fourth-order valence-corrected chi connectivity index (χ4v) is 2.35. The predicted molar refractivity (Wildman–Crippen MR) is 78.2 cm³/mol. The molecule has 6 heteroatoms. The molecular formula is C14H19NO4S. The number of carboxylic acids is 1. The summed E-state index contributed by atoms with van der Waals surface area (Å²) in [6.07, 6.45) is 0.376. The van der Waals surface area contributed by atoms with Gasteiger partial charge in [0.05, 0.1) is 13.5 Å². The first-order valence-corrected chi connectivity index (χ1v) is 7.24. The maximum absolute atomic E-state index is 11.7. The Morgan fingerprint density at radius 2 is 1.90 bits per heavy atom. The second-order valence-corrected chi connectivity index (χ2v) is 5.40. The predicted octanol–water partition coefficient (Wildman–Crippen LogP) is 2.11. The van der Waals surface area contributed by atoms with E-state index in [2.05, 4.69) is 0 Å². The lowest BCUT2D eigenvalue weighted by atomic mass is 10.3. The molecule has 1 N–H and O–H groups in total. The highest BCUT2D eigenvalue weighted by Gasteiger charge is 2.10. The van der Waals surface area contributed by atoms with Crippen molar-refractivity contribution in [1.29, 1.82) is 0 Å². The summed E-state index contributed by atoms with van der Waals surface area (Å²) in [7, 11) is 3.25. The standard InChI is InChI=1S/C14H19NO4S/c1-15(9-7-14(17)18)13(16)8-10-20-12-5-3-11(19-2)4-6-12/h3-6H,7-10H2,1-2H3,(H,17,18). The number of carbonyl (C=O) groups excluding carboxylic acids is 1. The quantitative estimate of drug-likeness (QED) is 0.744. The molecule has 20 heavy (non-hydrogen) atoms. The average Bonchev–Trinajstić information content (AvgIpc) is 2.45. The van der Waals surface area contributed by atoms with E-state index >= 15 is 0 Å². The summed E-state index contributed by atoms with van der Waals surface area (Å²) < 4.78 is 5.07. The number of hydrogen-bond donors (Lipinski definition) is 1. The molecule has 0 saturated carbocycles. The summed E-state index contributed by atoms with van der Waals surface area (Å²) >= 11 is 1.59. The zero-order valence-corrected chi connectivity index (χ0v) is 12.5. The second-order valence-electron chi connectivity index (χ2n) is 4.23. The van der Waals surface area contributed by atoms with Crippen molar-refractivity contribution in [2.24, 2.45) is 0 Å². The Labute approximate surface area is 122 Å².